The maximum Gasteiger partial charge on any atom is 0.325 e. The number of carboxylic acids is 1. The molecule has 1 atom stereocenters. The normalized spacial score (nSPS) is 11.9. The van der Waals surface area contributed by atoms with E-state index in [1.165, 1.54) is 6.92 Å². The van der Waals surface area contributed by atoms with Crippen LogP contribution >= 0.6 is 22.6 Å². The summed E-state index contributed by atoms with van der Waals surface area (Å²) in [5.41, 5.74) is 1.50. The molecule has 0 fully saturated rings. The first-order chi connectivity index (χ1) is 7.43. The highest BCUT2D eigenvalue weighted by molar-refractivity contribution is 14.1. The summed E-state index contributed by atoms with van der Waals surface area (Å²) in [6, 6.07) is 4.47. The van der Waals surface area contributed by atoms with Gasteiger partial charge >= 0.3 is 5.97 Å². The first-order valence-electron chi connectivity index (χ1n) is 4.72. The van der Waals surface area contributed by atoms with Crippen LogP contribution in [0.15, 0.2) is 18.2 Å². The number of benzene rings is 1. The van der Waals surface area contributed by atoms with Gasteiger partial charge in [-0.15, -0.1) is 0 Å². The molecule has 0 saturated carbocycles. The molecule has 0 spiro atoms. The summed E-state index contributed by atoms with van der Waals surface area (Å²) in [5.74, 6) is -1.40. The van der Waals surface area contributed by atoms with E-state index in [1.807, 2.05) is 13.0 Å². The molecule has 0 saturated heterocycles. The molecule has 0 heterocycles. The van der Waals surface area contributed by atoms with Crippen LogP contribution in [0.2, 0.25) is 0 Å². The van der Waals surface area contributed by atoms with Crippen LogP contribution in [-0.4, -0.2) is 23.0 Å². The predicted octanol–water partition coefficient (Wildman–Crippen LogP) is 1.80. The van der Waals surface area contributed by atoms with Gasteiger partial charge in [0.25, 0.3) is 5.91 Å². The summed E-state index contributed by atoms with van der Waals surface area (Å²) in [7, 11) is 0. The fourth-order valence-corrected chi connectivity index (χ4v) is 1.76. The molecule has 1 aromatic carbocycles. The third-order valence-corrected chi connectivity index (χ3v) is 3.59. The summed E-state index contributed by atoms with van der Waals surface area (Å²) in [5, 5.41) is 11.1. The molecule has 1 amide bonds. The second-order valence-corrected chi connectivity index (χ2v) is 4.55. The summed E-state index contributed by atoms with van der Waals surface area (Å²) in [4.78, 5) is 22.4. The number of amides is 1. The Balaban J connectivity index is 2.89. The van der Waals surface area contributed by atoms with E-state index < -0.39 is 12.0 Å². The summed E-state index contributed by atoms with van der Waals surface area (Å²) in [6.07, 6.45) is 0. The van der Waals surface area contributed by atoms with Crippen LogP contribution in [0.25, 0.3) is 0 Å². The zero-order valence-corrected chi connectivity index (χ0v) is 11.1. The average Bonchev–Trinajstić information content (AvgIpc) is 2.21. The van der Waals surface area contributed by atoms with Crippen LogP contribution in [0.3, 0.4) is 0 Å². The number of nitrogens with one attached hydrogen (secondary N) is 1. The lowest BCUT2D eigenvalue weighted by molar-refractivity contribution is -0.138. The van der Waals surface area contributed by atoms with E-state index in [9.17, 15) is 9.59 Å². The Kier molecular flexibility index (Phi) is 4.28. The highest BCUT2D eigenvalue weighted by Gasteiger charge is 2.17. The number of rotatable bonds is 3. The number of aryl methyl sites for hydroxylation is 1. The SMILES string of the molecule is Cc1cccc(C(=O)N[C@H](C)C(=O)O)c1I. The van der Waals surface area contributed by atoms with Crippen molar-refractivity contribution in [3.05, 3.63) is 32.9 Å². The van der Waals surface area contributed by atoms with Crippen LogP contribution in [0.5, 0.6) is 0 Å². The molecule has 16 heavy (non-hydrogen) atoms. The van der Waals surface area contributed by atoms with Crippen molar-refractivity contribution >= 4 is 34.5 Å². The highest BCUT2D eigenvalue weighted by Crippen LogP contribution is 2.16. The lowest BCUT2D eigenvalue weighted by Gasteiger charge is -2.11. The van der Waals surface area contributed by atoms with Crippen molar-refractivity contribution < 1.29 is 14.7 Å². The zero-order chi connectivity index (χ0) is 12.3. The number of hydrogen-bond acceptors (Lipinski definition) is 2. The van der Waals surface area contributed by atoms with Gasteiger partial charge in [-0.3, -0.25) is 9.59 Å². The zero-order valence-electron chi connectivity index (χ0n) is 8.95. The average molecular weight is 333 g/mol. The maximum atomic E-state index is 11.8. The molecule has 0 aliphatic carbocycles. The Hall–Kier alpha value is -1.11. The van der Waals surface area contributed by atoms with Crippen molar-refractivity contribution in [3.63, 3.8) is 0 Å². The molecule has 0 unspecified atom stereocenters. The van der Waals surface area contributed by atoms with Crippen LogP contribution in [0, 0.1) is 10.5 Å². The molecule has 1 aromatic rings. The molecule has 2 N–H and O–H groups in total. The number of halogens is 1. The third-order valence-electron chi connectivity index (χ3n) is 2.15. The number of carboxylic acid groups (broad SMARTS) is 1. The highest BCUT2D eigenvalue weighted by atomic mass is 127. The Morgan fingerprint density at radius 3 is 2.62 bits per heavy atom. The molecule has 0 bridgehead atoms. The fraction of sp³-hybridized carbons (Fsp3) is 0.273. The van der Waals surface area contributed by atoms with E-state index in [0.29, 0.717) is 5.56 Å². The van der Waals surface area contributed by atoms with E-state index in [4.69, 9.17) is 5.11 Å². The van der Waals surface area contributed by atoms with Crippen molar-refractivity contribution in [1.82, 2.24) is 5.32 Å². The maximum absolute atomic E-state index is 11.8. The quantitative estimate of drug-likeness (QED) is 0.829. The van der Waals surface area contributed by atoms with E-state index in [2.05, 4.69) is 27.9 Å². The molecular weight excluding hydrogens is 321 g/mol. The van der Waals surface area contributed by atoms with Gasteiger partial charge in [0.1, 0.15) is 6.04 Å². The minimum Gasteiger partial charge on any atom is -0.480 e. The minimum atomic E-state index is -1.05. The van der Waals surface area contributed by atoms with Crippen molar-refractivity contribution in [2.45, 2.75) is 19.9 Å². The molecule has 4 nitrogen and oxygen atoms in total. The van der Waals surface area contributed by atoms with Crippen molar-refractivity contribution in [3.8, 4) is 0 Å². The molecule has 5 heteroatoms. The van der Waals surface area contributed by atoms with E-state index in [0.717, 1.165) is 9.13 Å². The van der Waals surface area contributed by atoms with Crippen molar-refractivity contribution in [2.75, 3.05) is 0 Å². The molecule has 86 valence electrons. The molecular formula is C11H12INO3. The van der Waals surface area contributed by atoms with Crippen LogP contribution in [0.1, 0.15) is 22.8 Å². The second kappa shape index (κ2) is 5.29. The molecule has 0 aliphatic rings. The van der Waals surface area contributed by atoms with Gasteiger partial charge in [0.05, 0.1) is 5.56 Å². The van der Waals surface area contributed by atoms with Crippen LogP contribution in [-0.2, 0) is 4.79 Å². The second-order valence-electron chi connectivity index (χ2n) is 3.47. The Labute approximate surface area is 107 Å². The summed E-state index contributed by atoms with van der Waals surface area (Å²) in [6.45, 7) is 3.34. The van der Waals surface area contributed by atoms with Gasteiger partial charge in [0, 0.05) is 3.57 Å². The van der Waals surface area contributed by atoms with Gasteiger partial charge in [-0.2, -0.15) is 0 Å². The van der Waals surface area contributed by atoms with E-state index in [1.54, 1.807) is 12.1 Å². The topological polar surface area (TPSA) is 66.4 Å². The lowest BCUT2D eigenvalue weighted by Crippen LogP contribution is -2.38. The number of aliphatic carboxylic acids is 1. The van der Waals surface area contributed by atoms with Crippen molar-refractivity contribution in [1.29, 1.82) is 0 Å². The predicted molar refractivity (Wildman–Crippen MR) is 68.5 cm³/mol. The minimum absolute atomic E-state index is 0.358. The van der Waals surface area contributed by atoms with Crippen LogP contribution in [0.4, 0.5) is 0 Å². The standard InChI is InChI=1S/C11H12INO3/c1-6-4-3-5-8(9(6)12)10(14)13-7(2)11(15)16/h3-5,7H,1-2H3,(H,13,14)(H,15,16)/t7-/m1/s1. The van der Waals surface area contributed by atoms with Gasteiger partial charge in [0.15, 0.2) is 0 Å². The summed E-state index contributed by atoms with van der Waals surface area (Å²) >= 11 is 2.08. The molecule has 0 aliphatic heterocycles. The van der Waals surface area contributed by atoms with Gasteiger partial charge in [-0.25, -0.2) is 0 Å². The molecule has 0 radical (unpaired) electrons. The third kappa shape index (κ3) is 2.94. The van der Waals surface area contributed by atoms with Crippen LogP contribution < -0.4 is 5.32 Å². The number of hydrogen-bond donors (Lipinski definition) is 2. The number of carbonyl (C=O) groups excluding carboxylic acids is 1. The Bertz CT molecular complexity index is 431. The monoisotopic (exact) mass is 333 g/mol. The molecule has 0 aromatic heterocycles. The van der Waals surface area contributed by atoms with Gasteiger partial charge < -0.3 is 10.4 Å². The van der Waals surface area contributed by atoms with Gasteiger partial charge in [-0.05, 0) is 48.1 Å². The number of carbonyl (C=O) groups is 2. The smallest absolute Gasteiger partial charge is 0.325 e. The Morgan fingerprint density at radius 1 is 1.44 bits per heavy atom. The first-order valence-corrected chi connectivity index (χ1v) is 5.80. The summed E-state index contributed by atoms with van der Waals surface area (Å²) < 4.78 is 0.843. The largest absolute Gasteiger partial charge is 0.480 e. The van der Waals surface area contributed by atoms with Gasteiger partial charge in [-0.1, -0.05) is 12.1 Å². The Morgan fingerprint density at radius 2 is 2.06 bits per heavy atom. The van der Waals surface area contributed by atoms with E-state index in [-0.39, 0.29) is 5.91 Å². The molecule has 1 rings (SSSR count). The van der Waals surface area contributed by atoms with Crippen molar-refractivity contribution in [2.24, 2.45) is 0 Å². The van der Waals surface area contributed by atoms with E-state index >= 15 is 0 Å². The fourth-order valence-electron chi connectivity index (χ4n) is 1.16. The first kappa shape index (κ1) is 13.0. The van der Waals surface area contributed by atoms with Gasteiger partial charge in [0.2, 0.25) is 0 Å². The lowest BCUT2D eigenvalue weighted by atomic mass is 10.1.